The number of benzene rings is 2. The van der Waals surface area contributed by atoms with E-state index in [9.17, 15) is 13.2 Å². The molecule has 0 atom stereocenters. The van der Waals surface area contributed by atoms with Crippen molar-refractivity contribution in [3.05, 3.63) is 60.2 Å². The van der Waals surface area contributed by atoms with Crippen LogP contribution in [0, 0.1) is 6.92 Å². The van der Waals surface area contributed by atoms with Crippen molar-refractivity contribution >= 4 is 15.9 Å². The third-order valence-electron chi connectivity index (χ3n) is 3.18. The second-order valence-electron chi connectivity index (χ2n) is 5.16. The lowest BCUT2D eigenvalue weighted by molar-refractivity contribution is -0.123. The normalized spacial score (nSPS) is 11.0. The molecule has 0 saturated carbocycles. The lowest BCUT2D eigenvalue weighted by Crippen LogP contribution is -2.36. The number of carbonyl (C=O) groups excluding carboxylic acids is 1. The van der Waals surface area contributed by atoms with Crippen molar-refractivity contribution in [2.75, 3.05) is 19.7 Å². The number of nitrogens with one attached hydrogen (secondary N) is 2. The van der Waals surface area contributed by atoms with Crippen LogP contribution in [0.5, 0.6) is 5.75 Å². The zero-order valence-corrected chi connectivity index (χ0v) is 14.2. The molecule has 0 aliphatic heterocycles. The Balaban J connectivity index is 1.68. The van der Waals surface area contributed by atoms with Gasteiger partial charge in [-0.3, -0.25) is 4.79 Å². The van der Waals surface area contributed by atoms with E-state index in [1.807, 2.05) is 19.1 Å². The fourth-order valence-electron chi connectivity index (χ4n) is 1.90. The van der Waals surface area contributed by atoms with Gasteiger partial charge in [0.15, 0.2) is 6.61 Å². The largest absolute Gasteiger partial charge is 0.484 e. The highest BCUT2D eigenvalue weighted by Crippen LogP contribution is 2.10. The Morgan fingerprint density at radius 2 is 1.67 bits per heavy atom. The van der Waals surface area contributed by atoms with Gasteiger partial charge >= 0.3 is 0 Å². The summed E-state index contributed by atoms with van der Waals surface area (Å²) in [6.45, 7) is 2.14. The standard InChI is InChI=1S/C17H20N2O4S/c1-14-7-9-15(10-8-14)23-13-17(20)18-11-12-19-24(21,22)16-5-3-2-4-6-16/h2-10,19H,11-13H2,1H3,(H,18,20). The summed E-state index contributed by atoms with van der Waals surface area (Å²) < 4.78 is 31.7. The van der Waals surface area contributed by atoms with Gasteiger partial charge in [0.2, 0.25) is 10.0 Å². The van der Waals surface area contributed by atoms with Crippen LogP contribution in [-0.2, 0) is 14.8 Å². The number of aryl methyl sites for hydroxylation is 1. The minimum absolute atomic E-state index is 0.105. The van der Waals surface area contributed by atoms with Crippen LogP contribution in [0.2, 0.25) is 0 Å². The second-order valence-corrected chi connectivity index (χ2v) is 6.93. The molecule has 0 bridgehead atoms. The molecular formula is C17H20N2O4S. The first-order chi connectivity index (χ1) is 11.5. The predicted molar refractivity (Wildman–Crippen MR) is 91.3 cm³/mol. The van der Waals surface area contributed by atoms with Crippen LogP contribution in [0.4, 0.5) is 0 Å². The second kappa shape index (κ2) is 8.47. The van der Waals surface area contributed by atoms with Crippen molar-refractivity contribution in [2.24, 2.45) is 0 Å². The number of hydrogen-bond donors (Lipinski definition) is 2. The van der Waals surface area contributed by atoms with Gasteiger partial charge in [-0.05, 0) is 31.2 Å². The predicted octanol–water partition coefficient (Wildman–Crippen LogP) is 1.47. The fraction of sp³-hybridized carbons (Fsp3) is 0.235. The van der Waals surface area contributed by atoms with E-state index in [1.54, 1.807) is 30.3 Å². The van der Waals surface area contributed by atoms with Crippen molar-refractivity contribution in [1.29, 1.82) is 0 Å². The molecule has 0 aliphatic rings. The van der Waals surface area contributed by atoms with Gasteiger partial charge in [-0.1, -0.05) is 35.9 Å². The van der Waals surface area contributed by atoms with Crippen molar-refractivity contribution in [1.82, 2.24) is 10.0 Å². The number of rotatable bonds is 8. The lowest BCUT2D eigenvalue weighted by atomic mass is 10.2. The Morgan fingerprint density at radius 3 is 2.33 bits per heavy atom. The topological polar surface area (TPSA) is 84.5 Å². The maximum absolute atomic E-state index is 12.0. The average Bonchev–Trinajstić information content (AvgIpc) is 2.59. The summed E-state index contributed by atoms with van der Waals surface area (Å²) in [5.74, 6) is 0.301. The highest BCUT2D eigenvalue weighted by molar-refractivity contribution is 7.89. The molecule has 2 N–H and O–H groups in total. The molecule has 2 rings (SSSR count). The molecule has 7 heteroatoms. The summed E-state index contributed by atoms with van der Waals surface area (Å²) in [6, 6.07) is 15.4. The van der Waals surface area contributed by atoms with Gasteiger partial charge < -0.3 is 10.1 Å². The molecule has 2 aromatic rings. The van der Waals surface area contributed by atoms with Crippen LogP contribution in [0.25, 0.3) is 0 Å². The molecule has 0 radical (unpaired) electrons. The molecule has 0 unspecified atom stereocenters. The monoisotopic (exact) mass is 348 g/mol. The molecule has 2 aromatic carbocycles. The number of ether oxygens (including phenoxy) is 1. The van der Waals surface area contributed by atoms with Crippen molar-refractivity contribution in [3.8, 4) is 5.75 Å². The third-order valence-corrected chi connectivity index (χ3v) is 4.66. The summed E-state index contributed by atoms with van der Waals surface area (Å²) in [5.41, 5.74) is 1.11. The average molecular weight is 348 g/mol. The molecule has 128 valence electrons. The Bertz CT molecular complexity index is 759. The molecular weight excluding hydrogens is 328 g/mol. The van der Waals surface area contributed by atoms with E-state index in [2.05, 4.69) is 10.0 Å². The van der Waals surface area contributed by atoms with E-state index in [4.69, 9.17) is 4.74 Å². The molecule has 24 heavy (non-hydrogen) atoms. The van der Waals surface area contributed by atoms with Gasteiger partial charge in [-0.25, -0.2) is 13.1 Å². The minimum Gasteiger partial charge on any atom is -0.484 e. The molecule has 6 nitrogen and oxygen atoms in total. The van der Waals surface area contributed by atoms with Gasteiger partial charge in [0.05, 0.1) is 4.90 Å². The van der Waals surface area contributed by atoms with Gasteiger partial charge in [-0.15, -0.1) is 0 Å². The van der Waals surface area contributed by atoms with Crippen LogP contribution in [0.3, 0.4) is 0 Å². The lowest BCUT2D eigenvalue weighted by Gasteiger charge is -2.09. The van der Waals surface area contributed by atoms with E-state index in [-0.39, 0.29) is 30.5 Å². The van der Waals surface area contributed by atoms with Gasteiger partial charge in [0.25, 0.3) is 5.91 Å². The first-order valence-corrected chi connectivity index (χ1v) is 8.96. The summed E-state index contributed by atoms with van der Waals surface area (Å²) in [5, 5.41) is 2.60. The molecule has 0 aromatic heterocycles. The first kappa shape index (κ1) is 18.0. The van der Waals surface area contributed by atoms with Crippen molar-refractivity contribution in [2.45, 2.75) is 11.8 Å². The van der Waals surface area contributed by atoms with Crippen LogP contribution in [0.1, 0.15) is 5.56 Å². The molecule has 1 amide bonds. The molecule has 0 fully saturated rings. The Hall–Kier alpha value is -2.38. The maximum Gasteiger partial charge on any atom is 0.257 e. The number of sulfonamides is 1. The first-order valence-electron chi connectivity index (χ1n) is 7.48. The SMILES string of the molecule is Cc1ccc(OCC(=O)NCCNS(=O)(=O)c2ccccc2)cc1. The van der Waals surface area contributed by atoms with Crippen LogP contribution < -0.4 is 14.8 Å². The Labute approximate surface area is 141 Å². The summed E-state index contributed by atoms with van der Waals surface area (Å²) in [7, 11) is -3.55. The maximum atomic E-state index is 12.0. The van der Waals surface area contributed by atoms with Crippen molar-refractivity contribution < 1.29 is 17.9 Å². The number of amides is 1. The van der Waals surface area contributed by atoms with Crippen molar-refractivity contribution in [3.63, 3.8) is 0 Å². The summed E-state index contributed by atoms with van der Waals surface area (Å²) in [6.07, 6.45) is 0. The van der Waals surface area contributed by atoms with E-state index in [0.717, 1.165) is 5.56 Å². The van der Waals surface area contributed by atoms with E-state index >= 15 is 0 Å². The highest BCUT2D eigenvalue weighted by atomic mass is 32.2. The summed E-state index contributed by atoms with van der Waals surface area (Å²) in [4.78, 5) is 11.9. The fourth-order valence-corrected chi connectivity index (χ4v) is 2.96. The Kier molecular flexibility index (Phi) is 6.34. The zero-order chi connectivity index (χ0) is 17.4. The van der Waals surface area contributed by atoms with Crippen LogP contribution in [0.15, 0.2) is 59.5 Å². The van der Waals surface area contributed by atoms with Gasteiger partial charge in [0, 0.05) is 13.1 Å². The van der Waals surface area contributed by atoms with Gasteiger partial charge in [0.1, 0.15) is 5.75 Å². The van der Waals surface area contributed by atoms with Crippen LogP contribution in [-0.4, -0.2) is 34.0 Å². The van der Waals surface area contributed by atoms with E-state index in [1.165, 1.54) is 12.1 Å². The quantitative estimate of drug-likeness (QED) is 0.708. The van der Waals surface area contributed by atoms with E-state index < -0.39 is 10.0 Å². The number of hydrogen-bond acceptors (Lipinski definition) is 4. The molecule has 0 aliphatic carbocycles. The highest BCUT2D eigenvalue weighted by Gasteiger charge is 2.12. The third kappa shape index (κ3) is 5.68. The smallest absolute Gasteiger partial charge is 0.257 e. The van der Waals surface area contributed by atoms with E-state index in [0.29, 0.717) is 5.75 Å². The molecule has 0 spiro atoms. The molecule has 0 heterocycles. The Morgan fingerprint density at radius 1 is 1.00 bits per heavy atom. The van der Waals surface area contributed by atoms with Gasteiger partial charge in [-0.2, -0.15) is 0 Å². The summed E-state index contributed by atoms with van der Waals surface area (Å²) >= 11 is 0. The minimum atomic E-state index is -3.55. The number of carbonyl (C=O) groups is 1. The zero-order valence-electron chi connectivity index (χ0n) is 13.4. The molecule has 0 saturated heterocycles. The van der Waals surface area contributed by atoms with Crippen LogP contribution >= 0.6 is 0 Å².